The van der Waals surface area contributed by atoms with Crippen molar-refractivity contribution in [2.24, 2.45) is 0 Å². The Morgan fingerprint density at radius 1 is 0.952 bits per heavy atom. The molecule has 0 unspecified atom stereocenters. The number of rotatable bonds is 3. The first-order chi connectivity index (χ1) is 10.2. The fraction of sp³-hybridized carbons (Fsp3) is 0.316. The van der Waals surface area contributed by atoms with Gasteiger partial charge in [0.25, 0.3) is 0 Å². The van der Waals surface area contributed by atoms with Crippen LogP contribution >= 0.6 is 0 Å². The maximum atomic E-state index is 13.2. The summed E-state index contributed by atoms with van der Waals surface area (Å²) in [5, 5.41) is 3.37. The monoisotopic (exact) mass is 279 g/mol. The van der Waals surface area contributed by atoms with Crippen molar-refractivity contribution in [3.8, 4) is 0 Å². The van der Waals surface area contributed by atoms with E-state index in [4.69, 9.17) is 0 Å². The minimum atomic E-state index is -0.373. The molecule has 2 heteroatoms. The first-order valence-corrected chi connectivity index (χ1v) is 7.60. The van der Waals surface area contributed by atoms with Gasteiger partial charge < -0.3 is 5.32 Å². The zero-order valence-corrected chi connectivity index (χ0v) is 12.4. The third-order valence-corrected chi connectivity index (χ3v) is 4.53. The van der Waals surface area contributed by atoms with E-state index in [2.05, 4.69) is 17.4 Å². The second kappa shape index (κ2) is 5.82. The van der Waals surface area contributed by atoms with Gasteiger partial charge in [0.1, 0.15) is 0 Å². The predicted molar refractivity (Wildman–Crippen MR) is 85.7 cm³/mol. The predicted octanol–water partition coefficient (Wildman–Crippen LogP) is 3.50. The van der Waals surface area contributed by atoms with Crippen LogP contribution in [0.1, 0.15) is 34.3 Å². The second-order valence-corrected chi connectivity index (χ2v) is 5.89. The average molecular weight is 279 g/mol. The molecule has 1 aliphatic rings. The number of carbonyl (C=O) groups excluding carboxylic acids is 1. The zero-order chi connectivity index (χ0) is 14.7. The summed E-state index contributed by atoms with van der Waals surface area (Å²) in [6.45, 7) is 3.84. The van der Waals surface area contributed by atoms with E-state index in [-0.39, 0.29) is 11.2 Å². The van der Waals surface area contributed by atoms with E-state index in [1.807, 2.05) is 49.4 Å². The number of aryl methyl sites for hydroxylation is 1. The van der Waals surface area contributed by atoms with Crippen molar-refractivity contribution in [2.45, 2.75) is 25.2 Å². The van der Waals surface area contributed by atoms with E-state index in [0.717, 1.165) is 37.1 Å². The summed E-state index contributed by atoms with van der Waals surface area (Å²) >= 11 is 0. The molecule has 1 fully saturated rings. The lowest BCUT2D eigenvalue weighted by atomic mass is 9.68. The molecule has 0 saturated carbocycles. The third kappa shape index (κ3) is 2.64. The molecule has 2 aromatic carbocycles. The van der Waals surface area contributed by atoms with Crippen LogP contribution in [0.25, 0.3) is 0 Å². The number of hydrogen-bond acceptors (Lipinski definition) is 2. The molecule has 21 heavy (non-hydrogen) atoms. The lowest BCUT2D eigenvalue weighted by Gasteiger charge is -2.37. The van der Waals surface area contributed by atoms with Crippen molar-refractivity contribution in [1.29, 1.82) is 0 Å². The smallest absolute Gasteiger partial charge is 0.173 e. The van der Waals surface area contributed by atoms with Gasteiger partial charge in [-0.25, -0.2) is 0 Å². The van der Waals surface area contributed by atoms with Crippen LogP contribution in [0.3, 0.4) is 0 Å². The van der Waals surface area contributed by atoms with Gasteiger partial charge in [0.05, 0.1) is 5.41 Å². The Balaban J connectivity index is 2.03. The molecular formula is C19H21NO. The molecule has 0 bridgehead atoms. The van der Waals surface area contributed by atoms with Crippen molar-refractivity contribution < 1.29 is 4.79 Å². The Morgan fingerprint density at radius 3 is 2.19 bits per heavy atom. The highest BCUT2D eigenvalue weighted by Gasteiger charge is 2.41. The van der Waals surface area contributed by atoms with Crippen LogP contribution in [0.4, 0.5) is 0 Å². The molecule has 2 aromatic rings. The van der Waals surface area contributed by atoms with Gasteiger partial charge in [-0.1, -0.05) is 60.2 Å². The summed E-state index contributed by atoms with van der Waals surface area (Å²) in [4.78, 5) is 13.2. The summed E-state index contributed by atoms with van der Waals surface area (Å²) in [6, 6.07) is 18.2. The van der Waals surface area contributed by atoms with Crippen LogP contribution in [0, 0.1) is 6.92 Å². The number of benzene rings is 2. The molecule has 1 aliphatic heterocycles. The van der Waals surface area contributed by atoms with Gasteiger partial charge in [-0.2, -0.15) is 0 Å². The molecule has 108 valence electrons. The van der Waals surface area contributed by atoms with Crippen molar-refractivity contribution in [2.75, 3.05) is 13.1 Å². The molecule has 2 nitrogen and oxygen atoms in total. The van der Waals surface area contributed by atoms with Gasteiger partial charge in [0.2, 0.25) is 0 Å². The molecule has 0 atom stereocenters. The van der Waals surface area contributed by atoms with Gasteiger partial charge in [0.15, 0.2) is 5.78 Å². The van der Waals surface area contributed by atoms with E-state index in [0.29, 0.717) is 0 Å². The number of carbonyl (C=O) groups is 1. The highest BCUT2D eigenvalue weighted by atomic mass is 16.1. The lowest BCUT2D eigenvalue weighted by molar-refractivity contribution is 0.0847. The number of Topliss-reactive ketones (excluding diaryl/α,β-unsaturated/α-hetero) is 1. The quantitative estimate of drug-likeness (QED) is 0.871. The normalized spacial score (nSPS) is 17.4. The van der Waals surface area contributed by atoms with Gasteiger partial charge in [-0.05, 0) is 38.4 Å². The van der Waals surface area contributed by atoms with Crippen LogP contribution < -0.4 is 5.32 Å². The molecule has 3 rings (SSSR count). The molecule has 0 spiro atoms. The van der Waals surface area contributed by atoms with Crippen LogP contribution in [0.5, 0.6) is 0 Å². The Bertz CT molecular complexity index is 610. The SMILES string of the molecule is Cc1ccc(C(=O)C2(c3ccccc3)CCNCC2)cc1. The van der Waals surface area contributed by atoms with E-state index >= 15 is 0 Å². The topological polar surface area (TPSA) is 29.1 Å². The molecule has 1 saturated heterocycles. The van der Waals surface area contributed by atoms with Crippen molar-refractivity contribution in [3.63, 3.8) is 0 Å². The largest absolute Gasteiger partial charge is 0.317 e. The van der Waals surface area contributed by atoms with Gasteiger partial charge in [-0.3, -0.25) is 4.79 Å². The summed E-state index contributed by atoms with van der Waals surface area (Å²) < 4.78 is 0. The van der Waals surface area contributed by atoms with Gasteiger partial charge >= 0.3 is 0 Å². The summed E-state index contributed by atoms with van der Waals surface area (Å²) in [5.74, 6) is 0.259. The Morgan fingerprint density at radius 2 is 1.57 bits per heavy atom. The van der Waals surface area contributed by atoms with E-state index in [9.17, 15) is 4.79 Å². The number of ketones is 1. The maximum absolute atomic E-state index is 13.2. The first-order valence-electron chi connectivity index (χ1n) is 7.60. The molecule has 0 aliphatic carbocycles. The van der Waals surface area contributed by atoms with Gasteiger partial charge in [-0.15, -0.1) is 0 Å². The standard InChI is InChI=1S/C19H21NO/c1-15-7-9-16(10-8-15)18(21)19(11-13-20-14-12-19)17-5-3-2-4-6-17/h2-10,20H,11-14H2,1H3. The summed E-state index contributed by atoms with van der Waals surface area (Å²) in [6.07, 6.45) is 1.73. The zero-order valence-electron chi connectivity index (χ0n) is 12.4. The molecule has 0 radical (unpaired) electrons. The third-order valence-electron chi connectivity index (χ3n) is 4.53. The lowest BCUT2D eigenvalue weighted by Crippen LogP contribution is -2.45. The molecule has 1 N–H and O–H groups in total. The first kappa shape index (κ1) is 14.0. The summed E-state index contributed by atoms with van der Waals surface area (Å²) in [5.41, 5.74) is 2.79. The summed E-state index contributed by atoms with van der Waals surface area (Å²) in [7, 11) is 0. The fourth-order valence-corrected chi connectivity index (χ4v) is 3.24. The molecule has 1 heterocycles. The van der Waals surface area contributed by atoms with E-state index in [1.165, 1.54) is 5.56 Å². The van der Waals surface area contributed by atoms with Crippen molar-refractivity contribution in [1.82, 2.24) is 5.32 Å². The van der Waals surface area contributed by atoms with Crippen LogP contribution in [0.2, 0.25) is 0 Å². The minimum Gasteiger partial charge on any atom is -0.317 e. The van der Waals surface area contributed by atoms with Crippen LogP contribution in [-0.4, -0.2) is 18.9 Å². The highest BCUT2D eigenvalue weighted by molar-refractivity contribution is 6.04. The minimum absolute atomic E-state index is 0.259. The molecule has 0 aromatic heterocycles. The molecule has 0 amide bonds. The molecular weight excluding hydrogens is 258 g/mol. The number of piperidine rings is 1. The Labute approximate surface area is 126 Å². The maximum Gasteiger partial charge on any atom is 0.173 e. The fourth-order valence-electron chi connectivity index (χ4n) is 3.24. The van der Waals surface area contributed by atoms with E-state index in [1.54, 1.807) is 0 Å². The Hall–Kier alpha value is -1.93. The van der Waals surface area contributed by atoms with Crippen molar-refractivity contribution in [3.05, 3.63) is 71.3 Å². The van der Waals surface area contributed by atoms with Crippen LogP contribution in [0.15, 0.2) is 54.6 Å². The second-order valence-electron chi connectivity index (χ2n) is 5.89. The van der Waals surface area contributed by atoms with Crippen LogP contribution in [-0.2, 0) is 5.41 Å². The number of nitrogens with one attached hydrogen (secondary N) is 1. The highest BCUT2D eigenvalue weighted by Crippen LogP contribution is 2.36. The number of hydrogen-bond donors (Lipinski definition) is 1. The Kier molecular flexibility index (Phi) is 3.89. The van der Waals surface area contributed by atoms with Gasteiger partial charge in [0, 0.05) is 5.56 Å². The van der Waals surface area contributed by atoms with E-state index < -0.39 is 0 Å². The van der Waals surface area contributed by atoms with Crippen molar-refractivity contribution >= 4 is 5.78 Å². The average Bonchev–Trinajstić information content (AvgIpc) is 2.56.